The maximum atomic E-state index is 13.1. The molecule has 34 heavy (non-hydrogen) atoms. The Labute approximate surface area is 197 Å². The molecule has 1 N–H and O–H groups in total. The molecule has 0 saturated carbocycles. The number of ketones is 1. The van der Waals surface area contributed by atoms with E-state index in [1.54, 1.807) is 18.5 Å². The van der Waals surface area contributed by atoms with E-state index in [2.05, 4.69) is 10.4 Å². The molecule has 176 valence electrons. The highest BCUT2D eigenvalue weighted by Gasteiger charge is 2.31. The smallest absolute Gasteiger partial charge is 0.295 e. The van der Waals surface area contributed by atoms with Crippen LogP contribution in [0.5, 0.6) is 0 Å². The number of carbonyl (C=O) groups is 3. The monoisotopic (exact) mass is 463 g/mol. The van der Waals surface area contributed by atoms with Crippen LogP contribution in [0.4, 0.5) is 10.1 Å². The molecule has 3 aromatic rings. The average Bonchev–Trinajstić information content (AvgIpc) is 3.14. The number of carbonyl (C=O) groups excluding carboxylic acids is 3. The molecule has 0 radical (unpaired) electrons. The molecule has 0 atom stereocenters. The van der Waals surface area contributed by atoms with Crippen LogP contribution in [0.15, 0.2) is 54.6 Å². The summed E-state index contributed by atoms with van der Waals surface area (Å²) < 4.78 is 14.7. The molecular formula is C25H26FN5O3. The lowest BCUT2D eigenvalue weighted by Crippen LogP contribution is -2.52. The molecule has 8 nitrogen and oxygen atoms in total. The van der Waals surface area contributed by atoms with Gasteiger partial charge in [0.1, 0.15) is 5.82 Å². The van der Waals surface area contributed by atoms with E-state index < -0.39 is 11.7 Å². The quantitative estimate of drug-likeness (QED) is 0.449. The number of halogens is 1. The predicted molar refractivity (Wildman–Crippen MR) is 125 cm³/mol. The van der Waals surface area contributed by atoms with Gasteiger partial charge < -0.3 is 10.2 Å². The number of benzene rings is 2. The van der Waals surface area contributed by atoms with Crippen molar-refractivity contribution in [2.75, 3.05) is 38.0 Å². The van der Waals surface area contributed by atoms with E-state index in [1.165, 1.54) is 29.2 Å². The number of aromatic nitrogens is 2. The Morgan fingerprint density at radius 3 is 2.24 bits per heavy atom. The maximum absolute atomic E-state index is 13.1. The third kappa shape index (κ3) is 5.04. The van der Waals surface area contributed by atoms with Crippen LogP contribution in [0.1, 0.15) is 21.7 Å². The summed E-state index contributed by atoms with van der Waals surface area (Å²) >= 11 is 0. The molecule has 1 aliphatic heterocycles. The topological polar surface area (TPSA) is 87.5 Å². The first-order valence-corrected chi connectivity index (χ1v) is 11.1. The molecule has 1 aliphatic rings. The van der Waals surface area contributed by atoms with E-state index in [4.69, 9.17) is 0 Å². The van der Waals surface area contributed by atoms with Crippen LogP contribution in [-0.4, -0.2) is 69.9 Å². The van der Waals surface area contributed by atoms with Crippen LogP contribution in [-0.2, 0) is 9.59 Å². The molecule has 9 heteroatoms. The Kier molecular flexibility index (Phi) is 6.83. The Morgan fingerprint density at radius 2 is 1.59 bits per heavy atom. The van der Waals surface area contributed by atoms with E-state index in [1.807, 2.05) is 35.2 Å². The van der Waals surface area contributed by atoms with Crippen molar-refractivity contribution in [3.05, 3.63) is 77.4 Å². The minimum atomic E-state index is -0.570. The minimum absolute atomic E-state index is 0.148. The molecule has 2 amide bonds. The third-order valence-electron chi connectivity index (χ3n) is 5.87. The zero-order valence-corrected chi connectivity index (χ0v) is 19.1. The number of Topliss-reactive ketones (excluding diaryl/α,β-unsaturated/α-hetero) is 1. The van der Waals surface area contributed by atoms with Crippen molar-refractivity contribution in [1.29, 1.82) is 0 Å². The standard InChI is InChI=1S/C25H26FN5O3/c1-17-23(18(2)31(28-17)21-6-4-3-5-7-21)24(33)25(34)30-14-12-29(13-15-30)16-22(32)27-20-10-8-19(26)9-11-20/h3-11H,12-16H2,1-2H3,(H,27,32). The fourth-order valence-corrected chi connectivity index (χ4v) is 4.09. The van der Waals surface area contributed by atoms with Crippen LogP contribution in [0.3, 0.4) is 0 Å². The van der Waals surface area contributed by atoms with Crippen molar-refractivity contribution < 1.29 is 18.8 Å². The molecule has 0 aliphatic carbocycles. The third-order valence-corrected chi connectivity index (χ3v) is 5.87. The van der Waals surface area contributed by atoms with Crippen LogP contribution in [0.2, 0.25) is 0 Å². The van der Waals surface area contributed by atoms with Crippen molar-refractivity contribution in [2.45, 2.75) is 13.8 Å². The Morgan fingerprint density at radius 1 is 0.941 bits per heavy atom. The van der Waals surface area contributed by atoms with E-state index in [0.29, 0.717) is 48.8 Å². The van der Waals surface area contributed by atoms with Crippen molar-refractivity contribution in [1.82, 2.24) is 19.6 Å². The van der Waals surface area contributed by atoms with Gasteiger partial charge in [-0.2, -0.15) is 5.10 Å². The Hall–Kier alpha value is -3.85. The van der Waals surface area contributed by atoms with Gasteiger partial charge in [0.25, 0.3) is 11.7 Å². The number of nitrogens with zero attached hydrogens (tertiary/aromatic N) is 4. The normalized spacial score (nSPS) is 14.1. The van der Waals surface area contributed by atoms with Crippen molar-refractivity contribution in [3.63, 3.8) is 0 Å². The Balaban J connectivity index is 1.34. The van der Waals surface area contributed by atoms with E-state index >= 15 is 0 Å². The summed E-state index contributed by atoms with van der Waals surface area (Å²) in [4.78, 5) is 41.7. The van der Waals surface area contributed by atoms with Gasteiger partial charge in [0, 0.05) is 31.9 Å². The zero-order chi connectivity index (χ0) is 24.2. The van der Waals surface area contributed by atoms with Gasteiger partial charge in [0.05, 0.1) is 29.2 Å². The molecule has 1 aromatic heterocycles. The highest BCUT2D eigenvalue weighted by Crippen LogP contribution is 2.19. The highest BCUT2D eigenvalue weighted by molar-refractivity contribution is 6.43. The average molecular weight is 464 g/mol. The largest absolute Gasteiger partial charge is 0.333 e. The Bertz CT molecular complexity index is 1200. The van der Waals surface area contributed by atoms with E-state index in [-0.39, 0.29) is 18.3 Å². The fraction of sp³-hybridized carbons (Fsp3) is 0.280. The molecular weight excluding hydrogens is 437 g/mol. The van der Waals surface area contributed by atoms with Gasteiger partial charge in [-0.15, -0.1) is 0 Å². The summed E-state index contributed by atoms with van der Waals surface area (Å²) in [6, 6.07) is 15.0. The number of aryl methyl sites for hydroxylation is 1. The van der Waals surface area contributed by atoms with Crippen molar-refractivity contribution in [3.8, 4) is 5.69 Å². The first-order valence-electron chi connectivity index (χ1n) is 11.1. The van der Waals surface area contributed by atoms with Crippen LogP contribution in [0, 0.1) is 19.7 Å². The minimum Gasteiger partial charge on any atom is -0.333 e. The van der Waals surface area contributed by atoms with Gasteiger partial charge in [0.15, 0.2) is 0 Å². The number of rotatable bonds is 6. The molecule has 4 rings (SSSR count). The van der Waals surface area contributed by atoms with Crippen LogP contribution >= 0.6 is 0 Å². The summed E-state index contributed by atoms with van der Waals surface area (Å²) in [6.07, 6.45) is 0. The van der Waals surface area contributed by atoms with Crippen LogP contribution < -0.4 is 5.32 Å². The maximum Gasteiger partial charge on any atom is 0.295 e. The number of piperazine rings is 1. The number of amides is 2. The molecule has 0 unspecified atom stereocenters. The van der Waals surface area contributed by atoms with Gasteiger partial charge in [0.2, 0.25) is 5.91 Å². The number of hydrogen-bond acceptors (Lipinski definition) is 5. The lowest BCUT2D eigenvalue weighted by molar-refractivity contribution is -0.128. The second kappa shape index (κ2) is 9.96. The number of anilines is 1. The molecule has 2 aromatic carbocycles. The zero-order valence-electron chi connectivity index (χ0n) is 19.1. The van der Waals surface area contributed by atoms with Gasteiger partial charge in [-0.05, 0) is 50.2 Å². The molecule has 0 spiro atoms. The SMILES string of the molecule is Cc1nn(-c2ccccc2)c(C)c1C(=O)C(=O)N1CCN(CC(=O)Nc2ccc(F)cc2)CC1. The molecule has 0 bridgehead atoms. The number of hydrogen-bond donors (Lipinski definition) is 1. The highest BCUT2D eigenvalue weighted by atomic mass is 19.1. The molecule has 1 fully saturated rings. The number of nitrogens with one attached hydrogen (secondary N) is 1. The van der Waals surface area contributed by atoms with Gasteiger partial charge in [-0.25, -0.2) is 9.07 Å². The summed E-state index contributed by atoms with van der Waals surface area (Å²) in [5, 5.41) is 7.19. The van der Waals surface area contributed by atoms with Gasteiger partial charge in [-0.3, -0.25) is 19.3 Å². The van der Waals surface area contributed by atoms with Crippen molar-refractivity contribution >= 4 is 23.3 Å². The lowest BCUT2D eigenvalue weighted by Gasteiger charge is -2.33. The lowest BCUT2D eigenvalue weighted by atomic mass is 10.1. The molecule has 2 heterocycles. The molecule has 1 saturated heterocycles. The van der Waals surface area contributed by atoms with Gasteiger partial charge >= 0.3 is 0 Å². The van der Waals surface area contributed by atoms with E-state index in [0.717, 1.165) is 5.69 Å². The summed E-state index contributed by atoms with van der Waals surface area (Å²) in [5.41, 5.74) is 2.80. The first kappa shape index (κ1) is 23.3. The second-order valence-electron chi connectivity index (χ2n) is 8.25. The first-order chi connectivity index (χ1) is 16.3. The van der Waals surface area contributed by atoms with E-state index in [9.17, 15) is 18.8 Å². The predicted octanol–water partition coefficient (Wildman–Crippen LogP) is 2.59. The summed E-state index contributed by atoms with van der Waals surface area (Å²) in [6.45, 7) is 5.29. The van der Waals surface area contributed by atoms with Crippen LogP contribution in [0.25, 0.3) is 5.69 Å². The number of para-hydroxylation sites is 1. The summed E-state index contributed by atoms with van der Waals surface area (Å²) in [7, 11) is 0. The second-order valence-corrected chi connectivity index (χ2v) is 8.25. The van der Waals surface area contributed by atoms with Gasteiger partial charge in [-0.1, -0.05) is 18.2 Å². The fourth-order valence-electron chi connectivity index (χ4n) is 4.09. The summed E-state index contributed by atoms with van der Waals surface area (Å²) in [5.74, 6) is -1.72. The van der Waals surface area contributed by atoms with Crippen molar-refractivity contribution in [2.24, 2.45) is 0 Å².